The molecule has 2 aromatic heterocycles. The first kappa shape index (κ1) is 16.0. The van der Waals surface area contributed by atoms with E-state index in [0.717, 1.165) is 32.5 Å². The number of nitrogens with one attached hydrogen (secondary N) is 1. The van der Waals surface area contributed by atoms with Crippen LogP contribution in [-0.4, -0.2) is 16.6 Å². The van der Waals surface area contributed by atoms with E-state index in [9.17, 15) is 4.79 Å². The molecule has 1 N–H and O–H groups in total. The summed E-state index contributed by atoms with van der Waals surface area (Å²) < 4.78 is 5.74. The first-order chi connectivity index (χ1) is 12.1. The van der Waals surface area contributed by atoms with Gasteiger partial charge in [-0.15, -0.1) is 22.7 Å². The Morgan fingerprint density at radius 1 is 1.36 bits per heavy atom. The Kier molecular flexibility index (Phi) is 4.10. The van der Waals surface area contributed by atoms with Crippen LogP contribution in [-0.2, 0) is 6.61 Å². The van der Waals surface area contributed by atoms with Gasteiger partial charge in [0.15, 0.2) is 0 Å². The molecule has 126 valence electrons. The smallest absolute Gasteiger partial charge is 0.281 e. The van der Waals surface area contributed by atoms with Crippen LogP contribution < -0.4 is 10.2 Å². The Morgan fingerprint density at radius 3 is 3.00 bits per heavy atom. The molecule has 0 atom stereocenters. The molecule has 25 heavy (non-hydrogen) atoms. The number of hydrogen-bond acceptors (Lipinski definition) is 6. The summed E-state index contributed by atoms with van der Waals surface area (Å²) in [7, 11) is 0. The second-order valence-corrected chi connectivity index (χ2v) is 7.59. The van der Waals surface area contributed by atoms with Crippen LogP contribution in [0.1, 0.15) is 32.9 Å². The Balaban J connectivity index is 1.56. The van der Waals surface area contributed by atoms with E-state index in [1.54, 1.807) is 0 Å². The molecule has 0 saturated heterocycles. The monoisotopic (exact) mass is 369 g/mol. The van der Waals surface area contributed by atoms with Crippen LogP contribution >= 0.6 is 22.7 Å². The Bertz CT molecular complexity index is 988. The largest absolute Gasteiger partial charge is 0.488 e. The lowest BCUT2D eigenvalue weighted by atomic mass is 10.1. The number of amides is 1. The standard InChI is InChI=1S/C18H15N3O2S2/c1-10-9-24-18(19-10)11(2)20-21-17(22)15-7-12-8-23-14-6-4-3-5-13(14)16(12)25-15/h3-7,9H,8H2,1-2H3,(H,21,22)/b20-11+. The minimum absolute atomic E-state index is 0.218. The molecule has 1 amide bonds. The number of thiazole rings is 1. The predicted molar refractivity (Wildman–Crippen MR) is 101 cm³/mol. The van der Waals surface area contributed by atoms with E-state index >= 15 is 0 Å². The molecule has 4 rings (SSSR count). The first-order valence-corrected chi connectivity index (χ1v) is 9.43. The zero-order valence-corrected chi connectivity index (χ0v) is 15.3. The van der Waals surface area contributed by atoms with Crippen LogP contribution in [0.3, 0.4) is 0 Å². The highest BCUT2D eigenvalue weighted by molar-refractivity contribution is 7.17. The quantitative estimate of drug-likeness (QED) is 0.555. The van der Waals surface area contributed by atoms with Gasteiger partial charge in [0.1, 0.15) is 17.4 Å². The van der Waals surface area contributed by atoms with Crippen LogP contribution in [0.4, 0.5) is 0 Å². The number of carbonyl (C=O) groups is 1. The van der Waals surface area contributed by atoms with E-state index in [1.165, 1.54) is 22.7 Å². The average Bonchev–Trinajstić information content (AvgIpc) is 3.25. The maximum atomic E-state index is 12.4. The zero-order chi connectivity index (χ0) is 17.4. The first-order valence-electron chi connectivity index (χ1n) is 7.74. The summed E-state index contributed by atoms with van der Waals surface area (Å²) in [4.78, 5) is 18.5. The molecular weight excluding hydrogens is 354 g/mol. The number of carbonyl (C=O) groups excluding carboxylic acids is 1. The predicted octanol–water partition coefficient (Wildman–Crippen LogP) is 4.23. The van der Waals surface area contributed by atoms with Crippen molar-refractivity contribution in [1.82, 2.24) is 10.4 Å². The van der Waals surface area contributed by atoms with Crippen LogP contribution in [0.2, 0.25) is 0 Å². The minimum atomic E-state index is -0.218. The Labute approximate surface area is 153 Å². The van der Waals surface area contributed by atoms with Crippen molar-refractivity contribution in [3.8, 4) is 16.2 Å². The SMILES string of the molecule is C/C(=N\NC(=O)c1cc2c(s1)-c1ccccc1OC2)c1nc(C)cs1. The van der Waals surface area contributed by atoms with Crippen molar-refractivity contribution in [2.75, 3.05) is 0 Å². The Hall–Kier alpha value is -2.51. The highest BCUT2D eigenvalue weighted by Gasteiger charge is 2.22. The molecule has 5 nitrogen and oxygen atoms in total. The third-order valence-electron chi connectivity index (χ3n) is 3.80. The second kappa shape index (κ2) is 6.42. The molecule has 1 aliphatic heterocycles. The van der Waals surface area contributed by atoms with Crippen molar-refractivity contribution >= 4 is 34.3 Å². The van der Waals surface area contributed by atoms with Gasteiger partial charge in [-0.25, -0.2) is 10.4 Å². The summed E-state index contributed by atoms with van der Waals surface area (Å²) in [6.07, 6.45) is 0. The van der Waals surface area contributed by atoms with Gasteiger partial charge in [-0.1, -0.05) is 12.1 Å². The van der Waals surface area contributed by atoms with Crippen LogP contribution in [0.15, 0.2) is 40.8 Å². The van der Waals surface area contributed by atoms with Crippen LogP contribution in [0.5, 0.6) is 5.75 Å². The molecule has 1 aliphatic rings. The molecule has 0 radical (unpaired) electrons. The van der Waals surface area contributed by atoms with Crippen molar-refractivity contribution in [3.05, 3.63) is 56.9 Å². The summed E-state index contributed by atoms with van der Waals surface area (Å²) in [5.41, 5.74) is 6.34. The van der Waals surface area contributed by atoms with Crippen molar-refractivity contribution in [1.29, 1.82) is 0 Å². The number of rotatable bonds is 3. The average molecular weight is 369 g/mol. The van der Waals surface area contributed by atoms with E-state index in [2.05, 4.69) is 15.5 Å². The van der Waals surface area contributed by atoms with Gasteiger partial charge in [0.2, 0.25) is 0 Å². The van der Waals surface area contributed by atoms with Gasteiger partial charge in [-0.05, 0) is 32.0 Å². The number of benzene rings is 1. The van der Waals surface area contributed by atoms with E-state index < -0.39 is 0 Å². The van der Waals surface area contributed by atoms with Gasteiger partial charge in [0.25, 0.3) is 5.91 Å². The van der Waals surface area contributed by atoms with Crippen molar-refractivity contribution in [2.45, 2.75) is 20.5 Å². The molecule has 3 heterocycles. The van der Waals surface area contributed by atoms with Crippen LogP contribution in [0, 0.1) is 6.92 Å². The van der Waals surface area contributed by atoms with Gasteiger partial charge in [0, 0.05) is 27.1 Å². The summed E-state index contributed by atoms with van der Waals surface area (Å²) in [5, 5.41) is 6.95. The molecule has 3 aromatic rings. The topological polar surface area (TPSA) is 63.6 Å². The molecule has 0 fully saturated rings. The van der Waals surface area contributed by atoms with Gasteiger partial charge in [-0.3, -0.25) is 4.79 Å². The summed E-state index contributed by atoms with van der Waals surface area (Å²) in [5.74, 6) is 0.640. The van der Waals surface area contributed by atoms with Gasteiger partial charge in [0.05, 0.1) is 10.6 Å². The number of hydrazone groups is 1. The lowest BCUT2D eigenvalue weighted by Crippen LogP contribution is -2.18. The number of aromatic nitrogens is 1. The lowest BCUT2D eigenvalue weighted by molar-refractivity contribution is 0.0959. The number of thiophene rings is 1. The van der Waals surface area contributed by atoms with Gasteiger partial charge >= 0.3 is 0 Å². The fourth-order valence-corrected chi connectivity index (χ4v) is 4.40. The van der Waals surface area contributed by atoms with Gasteiger partial charge in [-0.2, -0.15) is 5.10 Å². The third kappa shape index (κ3) is 3.08. The number of hydrogen-bond donors (Lipinski definition) is 1. The molecule has 0 bridgehead atoms. The summed E-state index contributed by atoms with van der Waals surface area (Å²) in [6, 6.07) is 9.76. The van der Waals surface area contributed by atoms with E-state index in [1.807, 2.05) is 49.6 Å². The van der Waals surface area contributed by atoms with Crippen molar-refractivity contribution < 1.29 is 9.53 Å². The normalized spacial score (nSPS) is 13.0. The molecular formula is C18H15N3O2S2. The molecule has 0 spiro atoms. The maximum Gasteiger partial charge on any atom is 0.281 e. The second-order valence-electron chi connectivity index (χ2n) is 5.68. The number of ether oxygens (including phenoxy) is 1. The van der Waals surface area contributed by atoms with Gasteiger partial charge < -0.3 is 4.74 Å². The summed E-state index contributed by atoms with van der Waals surface area (Å²) >= 11 is 2.98. The van der Waals surface area contributed by atoms with Crippen molar-refractivity contribution in [3.63, 3.8) is 0 Å². The minimum Gasteiger partial charge on any atom is -0.488 e. The summed E-state index contributed by atoms with van der Waals surface area (Å²) in [6.45, 7) is 4.25. The lowest BCUT2D eigenvalue weighted by Gasteiger charge is -2.16. The molecule has 0 unspecified atom stereocenters. The number of fused-ring (bicyclic) bond motifs is 3. The molecule has 0 aliphatic carbocycles. The number of aryl methyl sites for hydroxylation is 1. The van der Waals surface area contributed by atoms with Crippen molar-refractivity contribution in [2.24, 2.45) is 5.10 Å². The number of nitrogens with zero attached hydrogens (tertiary/aromatic N) is 2. The fraction of sp³-hybridized carbons (Fsp3) is 0.167. The molecule has 7 heteroatoms. The Morgan fingerprint density at radius 2 is 2.20 bits per heavy atom. The van der Waals surface area contributed by atoms with Crippen LogP contribution in [0.25, 0.3) is 10.4 Å². The zero-order valence-electron chi connectivity index (χ0n) is 13.7. The molecule has 0 saturated carbocycles. The maximum absolute atomic E-state index is 12.4. The number of para-hydroxylation sites is 1. The van der Waals surface area contributed by atoms with E-state index in [0.29, 0.717) is 17.2 Å². The molecule has 1 aromatic carbocycles. The third-order valence-corrected chi connectivity index (χ3v) is 6.08. The van der Waals surface area contributed by atoms with E-state index in [4.69, 9.17) is 4.74 Å². The highest BCUT2D eigenvalue weighted by atomic mass is 32.1. The highest BCUT2D eigenvalue weighted by Crippen LogP contribution is 2.42. The fourth-order valence-electron chi connectivity index (χ4n) is 2.57. The van der Waals surface area contributed by atoms with E-state index in [-0.39, 0.29) is 5.91 Å².